The van der Waals surface area contributed by atoms with Gasteiger partial charge in [0.05, 0.1) is 44.1 Å². The molecule has 0 spiro atoms. The van der Waals surface area contributed by atoms with Crippen molar-refractivity contribution in [2.24, 2.45) is 18.4 Å². The highest BCUT2D eigenvalue weighted by atomic mass is 32.2. The molecule has 0 radical (unpaired) electrons. The molecule has 4 heterocycles. The number of nitrogens with zero attached hydrogens (tertiary/aromatic N) is 4. The summed E-state index contributed by atoms with van der Waals surface area (Å²) in [6.07, 6.45) is 4.74. The molecule has 1 aliphatic heterocycles. The number of nitrogens with one attached hydrogen (secondary N) is 1. The molecule has 0 fully saturated rings. The number of halogens is 2. The van der Waals surface area contributed by atoms with Crippen LogP contribution in [0.25, 0.3) is 22.4 Å². The summed E-state index contributed by atoms with van der Waals surface area (Å²) >= 11 is 0. The molecule has 0 amide bonds. The number of carboxylic acids is 1. The second-order valence-corrected chi connectivity index (χ2v) is 18.2. The van der Waals surface area contributed by atoms with Crippen molar-refractivity contribution in [2.75, 3.05) is 11.5 Å². The number of sulfone groups is 1. The van der Waals surface area contributed by atoms with Crippen molar-refractivity contribution in [3.63, 3.8) is 0 Å². The van der Waals surface area contributed by atoms with E-state index in [-0.39, 0.29) is 39.3 Å². The first-order chi connectivity index (χ1) is 24.0. The van der Waals surface area contributed by atoms with E-state index in [2.05, 4.69) is 9.97 Å². The normalized spacial score (nSPS) is 21.4. The van der Waals surface area contributed by atoms with Gasteiger partial charge in [0.25, 0.3) is 0 Å². The number of aromatic nitrogens is 5. The third-order valence-electron chi connectivity index (χ3n) is 9.91. The smallest absolute Gasteiger partial charge is 0.306 e. The van der Waals surface area contributed by atoms with Gasteiger partial charge in [0, 0.05) is 29.7 Å². The average molecular weight is 738 g/mol. The molecule has 1 unspecified atom stereocenters. The molecule has 6 rings (SSSR count). The lowest BCUT2D eigenvalue weighted by molar-refractivity contribution is -0.141. The van der Waals surface area contributed by atoms with E-state index in [1.165, 1.54) is 30.6 Å². The van der Waals surface area contributed by atoms with Crippen molar-refractivity contribution in [2.45, 2.75) is 75.0 Å². The molecule has 2 aromatic carbocycles. The number of aliphatic carboxylic acids is 1. The van der Waals surface area contributed by atoms with Crippen LogP contribution >= 0.6 is 0 Å². The van der Waals surface area contributed by atoms with E-state index in [4.69, 9.17) is 10.1 Å². The fourth-order valence-electron chi connectivity index (χ4n) is 7.10. The summed E-state index contributed by atoms with van der Waals surface area (Å²) in [6.45, 7) is 7.47. The predicted octanol–water partition coefficient (Wildman–Crippen LogP) is 6.54. The Morgan fingerprint density at radius 3 is 2.63 bits per heavy atom. The van der Waals surface area contributed by atoms with Gasteiger partial charge in [0.1, 0.15) is 5.69 Å². The Morgan fingerprint density at radius 2 is 1.88 bits per heavy atom. The van der Waals surface area contributed by atoms with Crippen LogP contribution in [0.1, 0.15) is 69.5 Å². The molecule has 3 atom stereocenters. The second kappa shape index (κ2) is 13.7. The fraction of sp³-hybridized carbons (Fsp3) is 0.405. The van der Waals surface area contributed by atoms with Crippen molar-refractivity contribution < 1.29 is 31.3 Å². The first-order valence-electron chi connectivity index (χ1n) is 16.8. The van der Waals surface area contributed by atoms with E-state index < -0.39 is 59.9 Å². The van der Waals surface area contributed by atoms with Gasteiger partial charge in [-0.1, -0.05) is 51.5 Å². The lowest BCUT2D eigenvalue weighted by atomic mass is 9.75. The maximum Gasteiger partial charge on any atom is 0.306 e. The number of carboxylic acid groups (broad SMARTS) is 1. The molecule has 51 heavy (non-hydrogen) atoms. The van der Waals surface area contributed by atoms with E-state index in [0.717, 1.165) is 11.1 Å². The molecule has 0 aliphatic carbocycles. The van der Waals surface area contributed by atoms with Gasteiger partial charge in [-0.05, 0) is 72.9 Å². The average Bonchev–Trinajstić information content (AvgIpc) is 3.72. The Balaban J connectivity index is 1.52. The molecule has 0 saturated carbocycles. The Bertz CT molecular complexity index is 2280. The molecule has 4 bridgehead atoms. The van der Waals surface area contributed by atoms with Crippen LogP contribution in [0, 0.1) is 23.0 Å². The van der Waals surface area contributed by atoms with Crippen molar-refractivity contribution in [3.8, 4) is 11.5 Å². The topological polar surface area (TPSA) is 148 Å². The minimum Gasteiger partial charge on any atom is -0.481 e. The summed E-state index contributed by atoms with van der Waals surface area (Å²) in [5, 5.41) is 14.6. The Hall–Kier alpha value is -4.30. The van der Waals surface area contributed by atoms with E-state index in [1.807, 2.05) is 45.0 Å². The van der Waals surface area contributed by atoms with Crippen molar-refractivity contribution >= 4 is 37.5 Å². The molecule has 270 valence electrons. The zero-order valence-electron chi connectivity index (χ0n) is 29.2. The summed E-state index contributed by atoms with van der Waals surface area (Å²) in [4.78, 5) is 23.5. The highest BCUT2D eigenvalue weighted by Gasteiger charge is 2.36. The van der Waals surface area contributed by atoms with Crippen LogP contribution in [0.5, 0.6) is 0 Å². The van der Waals surface area contributed by atoms with Crippen LogP contribution in [0.2, 0.25) is 0 Å². The number of benzene rings is 2. The fourth-order valence-corrected chi connectivity index (χ4v) is 10.4. The molecular formula is C37H41F2N5O5S2. The first-order valence-corrected chi connectivity index (χ1v) is 19.8. The zero-order chi connectivity index (χ0) is 36.9. The largest absolute Gasteiger partial charge is 0.481 e. The maximum absolute atomic E-state index is 15.9. The number of aryl methyl sites for hydroxylation is 2. The molecule has 3 aromatic heterocycles. The number of rotatable bonds is 4. The summed E-state index contributed by atoms with van der Waals surface area (Å²) in [6, 6.07) is 12.2. The molecule has 14 heteroatoms. The number of carbonyl (C=O) groups is 1. The third-order valence-corrected chi connectivity index (χ3v) is 13.4. The molecule has 1 aliphatic rings. The quantitative estimate of drug-likeness (QED) is 0.211. The van der Waals surface area contributed by atoms with Gasteiger partial charge < -0.3 is 10.1 Å². The highest BCUT2D eigenvalue weighted by Crippen LogP contribution is 2.40. The molecule has 0 saturated heterocycles. The number of hydrogen-bond acceptors (Lipinski definition) is 7. The Morgan fingerprint density at radius 1 is 1.12 bits per heavy atom. The van der Waals surface area contributed by atoms with E-state index in [0.29, 0.717) is 43.0 Å². The number of pyridine rings is 1. The summed E-state index contributed by atoms with van der Waals surface area (Å²) in [5.74, 6) is -3.62. The molecular weight excluding hydrogens is 697 g/mol. The lowest BCUT2D eigenvalue weighted by Gasteiger charge is -2.31. The minimum absolute atomic E-state index is 0.116. The minimum atomic E-state index is -3.71. The van der Waals surface area contributed by atoms with E-state index in [1.54, 1.807) is 18.7 Å². The van der Waals surface area contributed by atoms with E-state index >= 15 is 8.78 Å². The second-order valence-electron chi connectivity index (χ2n) is 14.6. The van der Waals surface area contributed by atoms with E-state index in [9.17, 15) is 22.5 Å². The summed E-state index contributed by atoms with van der Waals surface area (Å²) < 4.78 is 74.3. The number of fused-ring (bicyclic) bond motifs is 8. The van der Waals surface area contributed by atoms with Gasteiger partial charge in [-0.15, -0.1) is 0 Å². The first kappa shape index (κ1) is 36.5. The van der Waals surface area contributed by atoms with Crippen LogP contribution in [-0.4, -0.2) is 59.9 Å². The SMILES string of the molecule is C[C@@H](Cc1cccc([C@@]2(C)CCCC(C)(C)CS(=O)(=O)CCc3c(c(F)c(F)c4[nH]ccc34)S(=O)c3ccnc(c3)-c3nc2nn3C)c1)C(=O)O. The predicted molar refractivity (Wildman–Crippen MR) is 191 cm³/mol. The van der Waals surface area contributed by atoms with Gasteiger partial charge in [-0.25, -0.2) is 31.1 Å². The lowest BCUT2D eigenvalue weighted by Crippen LogP contribution is -2.29. The molecule has 10 nitrogen and oxygen atoms in total. The van der Waals surface area contributed by atoms with Crippen LogP contribution in [0.3, 0.4) is 0 Å². The monoisotopic (exact) mass is 737 g/mol. The van der Waals surface area contributed by atoms with Crippen LogP contribution in [-0.2, 0) is 50.7 Å². The zero-order valence-corrected chi connectivity index (χ0v) is 30.8. The van der Waals surface area contributed by atoms with Gasteiger partial charge in [-0.3, -0.25) is 9.78 Å². The Kier molecular flexibility index (Phi) is 9.79. The van der Waals surface area contributed by atoms with Crippen molar-refractivity contribution in [1.82, 2.24) is 24.7 Å². The molecule has 2 N–H and O–H groups in total. The highest BCUT2D eigenvalue weighted by molar-refractivity contribution is 7.91. The maximum atomic E-state index is 15.9. The van der Waals surface area contributed by atoms with Crippen molar-refractivity contribution in [3.05, 3.63) is 89.0 Å². The van der Waals surface area contributed by atoms with Crippen LogP contribution in [0.4, 0.5) is 8.78 Å². The van der Waals surface area contributed by atoms with Gasteiger partial charge >= 0.3 is 5.97 Å². The summed E-state index contributed by atoms with van der Waals surface area (Å²) in [5.41, 5.74) is 0.670. The van der Waals surface area contributed by atoms with Crippen LogP contribution in [0.15, 0.2) is 64.6 Å². The van der Waals surface area contributed by atoms with Crippen LogP contribution < -0.4 is 0 Å². The molecule has 5 aromatic rings. The van der Waals surface area contributed by atoms with Gasteiger partial charge in [-0.2, -0.15) is 5.10 Å². The number of H-pyrrole nitrogens is 1. The number of aromatic amines is 1. The third kappa shape index (κ3) is 7.25. The summed E-state index contributed by atoms with van der Waals surface area (Å²) in [7, 11) is -4.26. The van der Waals surface area contributed by atoms with Gasteiger partial charge in [0.2, 0.25) is 0 Å². The van der Waals surface area contributed by atoms with Gasteiger partial charge in [0.15, 0.2) is 33.1 Å². The standard InChI is InChI=1S/C37H41F2N5O5S2/c1-22(34(45)46)18-23-8-6-9-24(19-23)37(4)14-7-13-36(2,3)21-51(48,49)17-12-27-26-11-16-41-31(26)29(38)30(39)32(27)50(47)25-10-15-40-28(20-25)33-42-35(37)43-44(33)5/h6,8-11,15-16,19-20,22,41H,7,12-14,17-18,21H2,1-5H3,(H,45,46)/t22-,37+,50?/m0/s1. The number of hydrogen-bond donors (Lipinski definition) is 2. The van der Waals surface area contributed by atoms with Crippen molar-refractivity contribution in [1.29, 1.82) is 0 Å². The Labute approximate surface area is 298 Å².